The van der Waals surface area contributed by atoms with Gasteiger partial charge in [0.1, 0.15) is 11.5 Å². The lowest BCUT2D eigenvalue weighted by molar-refractivity contribution is 0.102. The molecule has 0 fully saturated rings. The lowest BCUT2D eigenvalue weighted by Crippen LogP contribution is -2.12. The number of carbonyl (C=O) groups is 1. The van der Waals surface area contributed by atoms with Crippen molar-refractivity contribution in [3.05, 3.63) is 65.5 Å². The second kappa shape index (κ2) is 5.91. The predicted octanol–water partition coefficient (Wildman–Crippen LogP) is 4.08. The third kappa shape index (κ3) is 2.80. The van der Waals surface area contributed by atoms with E-state index in [1.165, 1.54) is 18.2 Å². The molecule has 0 spiro atoms. The van der Waals surface area contributed by atoms with Gasteiger partial charge in [-0.15, -0.1) is 11.3 Å². The maximum atomic E-state index is 12.2. The quantitative estimate of drug-likeness (QED) is 0.638. The maximum Gasteiger partial charge on any atom is 0.259 e. The maximum absolute atomic E-state index is 12.2. The van der Waals surface area contributed by atoms with Crippen molar-refractivity contribution in [1.29, 1.82) is 0 Å². The number of phenols is 2. The van der Waals surface area contributed by atoms with Crippen LogP contribution in [0.2, 0.25) is 0 Å². The van der Waals surface area contributed by atoms with Crippen molar-refractivity contribution in [2.75, 3.05) is 5.32 Å². The standard InChI is InChI=1S/C17H13NO3S/c19-14-5-2-1-4-12(14)17(21)18-13-10-11(7-8-15(13)20)16-6-3-9-22-16/h1-10,19-20H,(H,18,21). The zero-order valence-corrected chi connectivity index (χ0v) is 12.3. The minimum atomic E-state index is -0.475. The first-order valence-corrected chi connectivity index (χ1v) is 7.49. The first-order valence-electron chi connectivity index (χ1n) is 6.61. The number of hydrogen-bond acceptors (Lipinski definition) is 4. The number of nitrogens with one attached hydrogen (secondary N) is 1. The van der Waals surface area contributed by atoms with Crippen LogP contribution in [0.25, 0.3) is 10.4 Å². The fourth-order valence-corrected chi connectivity index (χ4v) is 2.81. The molecule has 0 bridgehead atoms. The van der Waals surface area contributed by atoms with E-state index in [9.17, 15) is 15.0 Å². The molecule has 22 heavy (non-hydrogen) atoms. The lowest BCUT2D eigenvalue weighted by Gasteiger charge is -2.10. The topological polar surface area (TPSA) is 69.6 Å². The molecule has 0 aliphatic heterocycles. The summed E-state index contributed by atoms with van der Waals surface area (Å²) < 4.78 is 0. The number of para-hydroxylation sites is 1. The molecule has 0 unspecified atom stereocenters. The summed E-state index contributed by atoms with van der Waals surface area (Å²) in [6, 6.07) is 15.2. The Balaban J connectivity index is 1.91. The van der Waals surface area contributed by atoms with E-state index >= 15 is 0 Å². The molecule has 2 aromatic carbocycles. The molecule has 0 aliphatic rings. The molecule has 0 atom stereocenters. The molecular formula is C17H13NO3S. The van der Waals surface area contributed by atoms with Gasteiger partial charge >= 0.3 is 0 Å². The number of benzene rings is 2. The molecule has 1 amide bonds. The summed E-state index contributed by atoms with van der Waals surface area (Å²) in [5.74, 6) is -0.602. The van der Waals surface area contributed by atoms with Crippen molar-refractivity contribution in [3.8, 4) is 21.9 Å². The van der Waals surface area contributed by atoms with Gasteiger partial charge in [-0.3, -0.25) is 4.79 Å². The van der Waals surface area contributed by atoms with E-state index in [1.54, 1.807) is 35.6 Å². The number of anilines is 1. The number of phenolic OH excluding ortho intramolecular Hbond substituents is 2. The van der Waals surface area contributed by atoms with Gasteiger partial charge in [0.25, 0.3) is 5.91 Å². The Labute approximate surface area is 131 Å². The molecule has 0 saturated carbocycles. The summed E-state index contributed by atoms with van der Waals surface area (Å²) in [6.45, 7) is 0. The van der Waals surface area contributed by atoms with Crippen LogP contribution in [0, 0.1) is 0 Å². The number of aromatic hydroxyl groups is 2. The highest BCUT2D eigenvalue weighted by atomic mass is 32.1. The summed E-state index contributed by atoms with van der Waals surface area (Å²) in [4.78, 5) is 13.2. The first-order chi connectivity index (χ1) is 10.6. The van der Waals surface area contributed by atoms with Crippen molar-refractivity contribution < 1.29 is 15.0 Å². The average molecular weight is 311 g/mol. The highest BCUT2D eigenvalue weighted by Crippen LogP contribution is 2.32. The van der Waals surface area contributed by atoms with Crippen LogP contribution >= 0.6 is 11.3 Å². The van der Waals surface area contributed by atoms with Crippen LogP contribution in [0.1, 0.15) is 10.4 Å². The molecule has 5 heteroatoms. The fourth-order valence-electron chi connectivity index (χ4n) is 2.09. The summed E-state index contributed by atoms with van der Waals surface area (Å²) in [6.07, 6.45) is 0. The Hall–Kier alpha value is -2.79. The largest absolute Gasteiger partial charge is 0.507 e. The normalized spacial score (nSPS) is 10.4. The lowest BCUT2D eigenvalue weighted by atomic mass is 10.1. The van der Waals surface area contributed by atoms with E-state index < -0.39 is 5.91 Å². The first kappa shape index (κ1) is 14.2. The third-order valence-corrected chi connectivity index (χ3v) is 4.12. The number of hydrogen-bond donors (Lipinski definition) is 3. The van der Waals surface area contributed by atoms with Crippen molar-refractivity contribution in [2.24, 2.45) is 0 Å². The Morgan fingerprint density at radius 1 is 0.955 bits per heavy atom. The van der Waals surface area contributed by atoms with E-state index in [4.69, 9.17) is 0 Å². The van der Waals surface area contributed by atoms with Gasteiger partial charge in [-0.05, 0) is 47.3 Å². The highest BCUT2D eigenvalue weighted by Gasteiger charge is 2.13. The number of rotatable bonds is 3. The second-order valence-electron chi connectivity index (χ2n) is 4.68. The molecule has 3 aromatic rings. The Morgan fingerprint density at radius 2 is 1.77 bits per heavy atom. The minimum absolute atomic E-state index is 0.0240. The molecule has 0 saturated heterocycles. The van der Waals surface area contributed by atoms with Crippen LogP contribution in [-0.2, 0) is 0 Å². The number of carbonyl (C=O) groups excluding carboxylic acids is 1. The third-order valence-electron chi connectivity index (χ3n) is 3.20. The van der Waals surface area contributed by atoms with Crippen molar-refractivity contribution >= 4 is 22.9 Å². The zero-order chi connectivity index (χ0) is 15.5. The van der Waals surface area contributed by atoms with E-state index in [-0.39, 0.29) is 17.1 Å². The van der Waals surface area contributed by atoms with Crippen LogP contribution < -0.4 is 5.32 Å². The summed E-state index contributed by atoms with van der Waals surface area (Å²) >= 11 is 1.57. The molecule has 0 aliphatic carbocycles. The van der Waals surface area contributed by atoms with Crippen LogP contribution in [0.3, 0.4) is 0 Å². The second-order valence-corrected chi connectivity index (χ2v) is 5.63. The molecule has 4 nitrogen and oxygen atoms in total. The van der Waals surface area contributed by atoms with E-state index in [0.29, 0.717) is 5.69 Å². The van der Waals surface area contributed by atoms with E-state index in [0.717, 1.165) is 10.4 Å². The van der Waals surface area contributed by atoms with Crippen LogP contribution in [0.4, 0.5) is 5.69 Å². The molecule has 0 radical (unpaired) electrons. The highest BCUT2D eigenvalue weighted by molar-refractivity contribution is 7.13. The Morgan fingerprint density at radius 3 is 2.50 bits per heavy atom. The molecule has 3 rings (SSSR count). The predicted molar refractivity (Wildman–Crippen MR) is 87.5 cm³/mol. The molecule has 3 N–H and O–H groups in total. The Kier molecular flexibility index (Phi) is 3.80. The Bertz CT molecular complexity index is 813. The average Bonchev–Trinajstić information content (AvgIpc) is 3.04. The smallest absolute Gasteiger partial charge is 0.259 e. The molecule has 1 heterocycles. The van der Waals surface area contributed by atoms with Gasteiger partial charge in [-0.1, -0.05) is 18.2 Å². The van der Waals surface area contributed by atoms with Crippen LogP contribution in [-0.4, -0.2) is 16.1 Å². The van der Waals surface area contributed by atoms with E-state index in [2.05, 4.69) is 5.32 Å². The summed E-state index contributed by atoms with van der Waals surface area (Å²) in [5.41, 5.74) is 1.36. The van der Waals surface area contributed by atoms with Gasteiger partial charge in [0, 0.05) is 4.88 Å². The molecular weight excluding hydrogens is 298 g/mol. The molecule has 1 aromatic heterocycles. The van der Waals surface area contributed by atoms with Gasteiger partial charge in [0.2, 0.25) is 0 Å². The van der Waals surface area contributed by atoms with Gasteiger partial charge in [-0.25, -0.2) is 0 Å². The van der Waals surface area contributed by atoms with Crippen LogP contribution in [0.15, 0.2) is 60.0 Å². The van der Waals surface area contributed by atoms with Gasteiger partial charge < -0.3 is 15.5 Å². The molecule has 110 valence electrons. The monoisotopic (exact) mass is 311 g/mol. The number of amides is 1. The SMILES string of the molecule is O=C(Nc1cc(-c2cccs2)ccc1O)c1ccccc1O. The van der Waals surface area contributed by atoms with Crippen molar-refractivity contribution in [2.45, 2.75) is 0 Å². The van der Waals surface area contributed by atoms with E-state index in [1.807, 2.05) is 17.5 Å². The van der Waals surface area contributed by atoms with Gasteiger partial charge in [0.15, 0.2) is 0 Å². The van der Waals surface area contributed by atoms with Gasteiger partial charge in [-0.2, -0.15) is 0 Å². The number of thiophene rings is 1. The zero-order valence-electron chi connectivity index (χ0n) is 11.5. The fraction of sp³-hybridized carbons (Fsp3) is 0. The van der Waals surface area contributed by atoms with Crippen molar-refractivity contribution in [1.82, 2.24) is 0 Å². The van der Waals surface area contributed by atoms with Crippen molar-refractivity contribution in [3.63, 3.8) is 0 Å². The summed E-state index contributed by atoms with van der Waals surface area (Å²) in [7, 11) is 0. The summed E-state index contributed by atoms with van der Waals surface area (Å²) in [5, 5.41) is 24.2. The minimum Gasteiger partial charge on any atom is -0.507 e. The van der Waals surface area contributed by atoms with Gasteiger partial charge in [0.05, 0.1) is 11.3 Å². The van der Waals surface area contributed by atoms with Crippen LogP contribution in [0.5, 0.6) is 11.5 Å².